The van der Waals surface area contributed by atoms with Crippen molar-refractivity contribution in [2.75, 3.05) is 0 Å². The van der Waals surface area contributed by atoms with Crippen molar-refractivity contribution in [2.45, 2.75) is 18.9 Å². The monoisotopic (exact) mass is 379 g/mol. The summed E-state index contributed by atoms with van der Waals surface area (Å²) >= 11 is 0. The lowest BCUT2D eigenvalue weighted by Gasteiger charge is -2.29. The van der Waals surface area contributed by atoms with E-state index in [1.54, 1.807) is 6.20 Å². The molecule has 0 aliphatic heterocycles. The Morgan fingerprint density at radius 2 is 1.72 bits per heavy atom. The van der Waals surface area contributed by atoms with Gasteiger partial charge in [0, 0.05) is 17.0 Å². The maximum atomic E-state index is 11.8. The first-order valence-electron chi connectivity index (χ1n) is 9.81. The molecule has 1 atom stereocenters. The van der Waals surface area contributed by atoms with Crippen molar-refractivity contribution in [2.24, 2.45) is 0 Å². The van der Waals surface area contributed by atoms with Crippen LogP contribution in [0.15, 0.2) is 91.3 Å². The smallest absolute Gasteiger partial charge is 0.115 e. The molecule has 0 radical (unpaired) electrons. The molecule has 0 bridgehead atoms. The number of hydrogen-bond acceptors (Lipinski definition) is 3. The fourth-order valence-corrected chi connectivity index (χ4v) is 4.07. The van der Waals surface area contributed by atoms with Gasteiger partial charge < -0.3 is 5.11 Å². The summed E-state index contributed by atoms with van der Waals surface area (Å²) in [6.07, 6.45) is 4.18. The molecule has 0 amide bonds. The Kier molecular flexibility index (Phi) is 4.14. The molecule has 0 fully saturated rings. The maximum absolute atomic E-state index is 11.8. The highest BCUT2D eigenvalue weighted by molar-refractivity contribution is 5.85. The highest BCUT2D eigenvalue weighted by Crippen LogP contribution is 2.37. The van der Waals surface area contributed by atoms with Crippen LogP contribution in [-0.2, 0) is 5.60 Å². The molecule has 0 saturated carbocycles. The van der Waals surface area contributed by atoms with Crippen LogP contribution in [0.5, 0.6) is 0 Å². The SMILES string of the molecule is CCC(O)(c1ccc2c(cnn2-c2ccccc2)c1)c1ccnc2ccccc12. The first-order chi connectivity index (χ1) is 14.2. The highest BCUT2D eigenvalue weighted by atomic mass is 16.3. The van der Waals surface area contributed by atoms with E-state index in [1.165, 1.54) is 0 Å². The minimum Gasteiger partial charge on any atom is -0.380 e. The minimum atomic E-state index is -1.11. The zero-order valence-corrected chi connectivity index (χ0v) is 16.2. The van der Waals surface area contributed by atoms with Crippen LogP contribution in [0.2, 0.25) is 0 Å². The van der Waals surface area contributed by atoms with Gasteiger partial charge in [0.1, 0.15) is 5.60 Å². The molecule has 5 aromatic rings. The van der Waals surface area contributed by atoms with Crippen molar-refractivity contribution in [1.82, 2.24) is 14.8 Å². The topological polar surface area (TPSA) is 50.9 Å². The lowest BCUT2D eigenvalue weighted by molar-refractivity contribution is 0.0782. The third kappa shape index (κ3) is 2.80. The van der Waals surface area contributed by atoms with Gasteiger partial charge in [-0.05, 0) is 53.9 Å². The number of fused-ring (bicyclic) bond motifs is 2. The molecule has 3 aromatic carbocycles. The van der Waals surface area contributed by atoms with Crippen LogP contribution in [0, 0.1) is 0 Å². The van der Waals surface area contributed by atoms with Gasteiger partial charge in [0.05, 0.1) is 22.9 Å². The van der Waals surface area contributed by atoms with Gasteiger partial charge in [-0.3, -0.25) is 4.98 Å². The Balaban J connectivity index is 1.67. The van der Waals surface area contributed by atoms with E-state index in [9.17, 15) is 5.11 Å². The van der Waals surface area contributed by atoms with Gasteiger partial charge in [-0.1, -0.05) is 49.4 Å². The van der Waals surface area contributed by atoms with Gasteiger partial charge in [-0.2, -0.15) is 5.10 Å². The molecule has 0 aliphatic carbocycles. The predicted molar refractivity (Wildman–Crippen MR) is 116 cm³/mol. The second-order valence-corrected chi connectivity index (χ2v) is 7.26. The molecular weight excluding hydrogens is 358 g/mol. The molecule has 4 heteroatoms. The van der Waals surface area contributed by atoms with Crippen LogP contribution in [0.3, 0.4) is 0 Å². The largest absolute Gasteiger partial charge is 0.380 e. The second-order valence-electron chi connectivity index (χ2n) is 7.26. The number of aromatic nitrogens is 3. The van der Waals surface area contributed by atoms with E-state index < -0.39 is 5.60 Å². The summed E-state index contributed by atoms with van der Waals surface area (Å²) in [5.41, 5.74) is 3.54. The van der Waals surface area contributed by atoms with Crippen molar-refractivity contribution >= 4 is 21.8 Å². The first kappa shape index (κ1) is 17.6. The molecule has 142 valence electrons. The zero-order valence-electron chi connectivity index (χ0n) is 16.2. The van der Waals surface area contributed by atoms with Gasteiger partial charge in [-0.15, -0.1) is 0 Å². The fraction of sp³-hybridized carbons (Fsp3) is 0.120. The summed E-state index contributed by atoms with van der Waals surface area (Å²) in [6, 6.07) is 26.0. The average molecular weight is 379 g/mol. The van der Waals surface area contributed by atoms with Crippen LogP contribution in [0.4, 0.5) is 0 Å². The maximum Gasteiger partial charge on any atom is 0.115 e. The van der Waals surface area contributed by atoms with Crippen molar-refractivity contribution < 1.29 is 5.11 Å². The van der Waals surface area contributed by atoms with E-state index in [4.69, 9.17) is 0 Å². The molecule has 2 heterocycles. The Labute approximate surface area is 169 Å². The molecular formula is C25H21N3O. The van der Waals surface area contributed by atoms with E-state index in [-0.39, 0.29) is 0 Å². The van der Waals surface area contributed by atoms with Gasteiger partial charge in [0.25, 0.3) is 0 Å². The fourth-order valence-electron chi connectivity index (χ4n) is 4.07. The van der Waals surface area contributed by atoms with E-state index in [0.717, 1.165) is 38.6 Å². The summed E-state index contributed by atoms with van der Waals surface area (Å²) in [4.78, 5) is 4.45. The molecule has 2 aromatic heterocycles. The van der Waals surface area contributed by atoms with Gasteiger partial charge in [0.15, 0.2) is 0 Å². The number of benzene rings is 3. The number of pyridine rings is 1. The number of nitrogens with zero attached hydrogens (tertiary/aromatic N) is 3. The number of rotatable bonds is 4. The molecule has 29 heavy (non-hydrogen) atoms. The Morgan fingerprint density at radius 1 is 0.931 bits per heavy atom. The molecule has 0 aliphatic rings. The number of hydrogen-bond donors (Lipinski definition) is 1. The van der Waals surface area contributed by atoms with Gasteiger partial charge in [0.2, 0.25) is 0 Å². The average Bonchev–Trinajstić information content (AvgIpc) is 3.22. The minimum absolute atomic E-state index is 0.555. The van der Waals surface area contributed by atoms with E-state index >= 15 is 0 Å². The first-order valence-corrected chi connectivity index (χ1v) is 9.81. The van der Waals surface area contributed by atoms with Gasteiger partial charge >= 0.3 is 0 Å². The number of para-hydroxylation sites is 2. The molecule has 4 nitrogen and oxygen atoms in total. The Morgan fingerprint density at radius 3 is 2.55 bits per heavy atom. The summed E-state index contributed by atoms with van der Waals surface area (Å²) < 4.78 is 1.92. The van der Waals surface area contributed by atoms with Crippen molar-refractivity contribution in [3.05, 3.63) is 102 Å². The van der Waals surface area contributed by atoms with Crippen molar-refractivity contribution in [3.63, 3.8) is 0 Å². The standard InChI is InChI=1S/C25H21N3O/c1-2-25(29,22-14-15-26-23-11-7-6-10-21(22)23)19-12-13-24-18(16-19)17-27-28(24)20-8-4-3-5-9-20/h3-17,29H,2H2,1H3. The van der Waals surface area contributed by atoms with Crippen molar-refractivity contribution in [3.8, 4) is 5.69 Å². The summed E-state index contributed by atoms with van der Waals surface area (Å²) in [7, 11) is 0. The molecule has 1 N–H and O–H groups in total. The van der Waals surface area contributed by atoms with Crippen LogP contribution >= 0.6 is 0 Å². The van der Waals surface area contributed by atoms with Crippen LogP contribution < -0.4 is 0 Å². The predicted octanol–water partition coefficient (Wildman–Crippen LogP) is 5.22. The lowest BCUT2D eigenvalue weighted by atomic mass is 9.82. The van der Waals surface area contributed by atoms with E-state index in [1.807, 2.05) is 96.7 Å². The third-order valence-electron chi connectivity index (χ3n) is 5.65. The van der Waals surface area contributed by atoms with Gasteiger partial charge in [-0.25, -0.2) is 4.68 Å². The van der Waals surface area contributed by atoms with Crippen LogP contribution in [-0.4, -0.2) is 19.9 Å². The summed E-state index contributed by atoms with van der Waals surface area (Å²) in [6.45, 7) is 2.01. The normalized spacial score (nSPS) is 13.6. The quantitative estimate of drug-likeness (QED) is 0.466. The Bertz CT molecular complexity index is 1300. The second kappa shape index (κ2) is 6.83. The molecule has 5 rings (SSSR count). The van der Waals surface area contributed by atoms with E-state index in [2.05, 4.69) is 10.1 Å². The van der Waals surface area contributed by atoms with Crippen LogP contribution in [0.25, 0.3) is 27.5 Å². The number of aliphatic hydroxyl groups is 1. The van der Waals surface area contributed by atoms with Crippen molar-refractivity contribution in [1.29, 1.82) is 0 Å². The molecule has 0 spiro atoms. The molecule has 1 unspecified atom stereocenters. The summed E-state index contributed by atoms with van der Waals surface area (Å²) in [5, 5.41) is 18.3. The van der Waals surface area contributed by atoms with Crippen LogP contribution in [0.1, 0.15) is 24.5 Å². The summed E-state index contributed by atoms with van der Waals surface area (Å²) in [5.74, 6) is 0. The Hall–Kier alpha value is -3.50. The molecule has 0 saturated heterocycles. The van der Waals surface area contributed by atoms with E-state index in [0.29, 0.717) is 6.42 Å². The lowest BCUT2D eigenvalue weighted by Crippen LogP contribution is -2.26. The third-order valence-corrected chi connectivity index (χ3v) is 5.65. The zero-order chi connectivity index (χ0) is 19.8. The highest BCUT2D eigenvalue weighted by Gasteiger charge is 2.31.